The summed E-state index contributed by atoms with van der Waals surface area (Å²) in [6.07, 6.45) is 42.0. The third-order valence-electron chi connectivity index (χ3n) is 4.99. The molecule has 0 nitrogen and oxygen atoms in total. The fraction of sp³-hybridized carbons (Fsp3) is 0.680. The fourth-order valence-corrected chi connectivity index (χ4v) is 3.36. The Balaban J connectivity index is 2.19. The second kappa shape index (κ2) is 19.3. The van der Waals surface area contributed by atoms with Crippen molar-refractivity contribution in [2.24, 2.45) is 0 Å². The third-order valence-corrected chi connectivity index (χ3v) is 4.99. The average molecular weight is 342 g/mol. The molecule has 0 spiro atoms. The summed E-state index contributed by atoms with van der Waals surface area (Å²) >= 11 is 0. The maximum Gasteiger partial charge on any atom is -0.0276 e. The lowest BCUT2D eigenvalue weighted by atomic mass is 10.0. The van der Waals surface area contributed by atoms with E-state index in [1.807, 2.05) is 0 Å². The summed E-state index contributed by atoms with van der Waals surface area (Å²) in [4.78, 5) is 0. The largest absolute Gasteiger partial charge is 0.0845 e. The summed E-state index contributed by atoms with van der Waals surface area (Å²) < 4.78 is 0. The van der Waals surface area contributed by atoms with Gasteiger partial charge in [-0.05, 0) is 31.8 Å². The first kappa shape index (κ1) is 22.0. The van der Waals surface area contributed by atoms with Crippen molar-refractivity contribution < 1.29 is 0 Å². The molecule has 0 saturated heterocycles. The standard InChI is InChI=1S/C25H41/c1-2-4-6-8-10-12-14-16-18-20-22-24-25-23-21-19-17-15-13-11-9-7-5-3-1/h1-7H,8,10-25H2/b2-1-,5-3-,6-4?,9-7?. The first-order valence-corrected chi connectivity index (χ1v) is 11.1. The zero-order valence-corrected chi connectivity index (χ0v) is 16.6. The van der Waals surface area contributed by atoms with Crippen LogP contribution in [0.1, 0.15) is 109 Å². The molecule has 1 aliphatic carbocycles. The maximum atomic E-state index is 3.38. The van der Waals surface area contributed by atoms with Crippen LogP contribution < -0.4 is 0 Å². The van der Waals surface area contributed by atoms with Gasteiger partial charge in [-0.15, -0.1) is 0 Å². The van der Waals surface area contributed by atoms with Crippen LogP contribution in [0.4, 0.5) is 0 Å². The summed E-state index contributed by atoms with van der Waals surface area (Å²) in [7, 11) is 0. The minimum Gasteiger partial charge on any atom is -0.0845 e. The van der Waals surface area contributed by atoms with E-state index in [9.17, 15) is 0 Å². The smallest absolute Gasteiger partial charge is 0.0276 e. The molecular formula is C25H41. The van der Waals surface area contributed by atoms with Crippen LogP contribution in [0.15, 0.2) is 42.5 Å². The normalized spacial score (nSPS) is 25.3. The molecule has 0 saturated carbocycles. The van der Waals surface area contributed by atoms with E-state index in [2.05, 4.69) is 48.6 Å². The predicted octanol–water partition coefficient (Wildman–Crippen LogP) is 8.66. The van der Waals surface area contributed by atoms with Crippen LogP contribution >= 0.6 is 0 Å². The minimum atomic E-state index is 1.11. The Kier molecular flexibility index (Phi) is 17.0. The second-order valence-electron chi connectivity index (χ2n) is 7.41. The van der Waals surface area contributed by atoms with Crippen molar-refractivity contribution in [1.82, 2.24) is 0 Å². The molecule has 0 heteroatoms. The van der Waals surface area contributed by atoms with Crippen LogP contribution in [0, 0.1) is 6.08 Å². The molecule has 1 rings (SSSR count). The van der Waals surface area contributed by atoms with Crippen molar-refractivity contribution in [1.29, 1.82) is 0 Å². The molecule has 0 aromatic rings. The Bertz CT molecular complexity index is 333. The highest BCUT2D eigenvalue weighted by Gasteiger charge is 1.94. The molecule has 0 aliphatic heterocycles. The Morgan fingerprint density at radius 2 is 0.840 bits per heavy atom. The van der Waals surface area contributed by atoms with Crippen molar-refractivity contribution in [2.75, 3.05) is 0 Å². The lowest BCUT2D eigenvalue weighted by Crippen LogP contribution is -1.83. The van der Waals surface area contributed by atoms with Gasteiger partial charge in [-0.1, -0.05) is 126 Å². The van der Waals surface area contributed by atoms with E-state index in [4.69, 9.17) is 0 Å². The van der Waals surface area contributed by atoms with E-state index in [0.29, 0.717) is 0 Å². The Morgan fingerprint density at radius 1 is 0.400 bits per heavy atom. The van der Waals surface area contributed by atoms with Crippen LogP contribution in [-0.2, 0) is 0 Å². The topological polar surface area (TPSA) is 0 Å². The molecule has 0 N–H and O–H groups in total. The van der Waals surface area contributed by atoms with E-state index in [0.717, 1.165) is 6.42 Å². The van der Waals surface area contributed by atoms with Gasteiger partial charge in [0.25, 0.3) is 0 Å². The number of hydrogen-bond acceptors (Lipinski definition) is 0. The summed E-state index contributed by atoms with van der Waals surface area (Å²) in [6.45, 7) is 0. The van der Waals surface area contributed by atoms with Gasteiger partial charge in [-0.2, -0.15) is 0 Å². The van der Waals surface area contributed by atoms with Crippen LogP contribution in [0.5, 0.6) is 0 Å². The average Bonchev–Trinajstić information content (AvgIpc) is 2.62. The van der Waals surface area contributed by atoms with E-state index in [1.165, 1.54) is 103 Å². The van der Waals surface area contributed by atoms with Crippen molar-refractivity contribution in [3.8, 4) is 0 Å². The van der Waals surface area contributed by atoms with E-state index in [-0.39, 0.29) is 0 Å². The monoisotopic (exact) mass is 341 g/mol. The molecule has 0 amide bonds. The van der Waals surface area contributed by atoms with Gasteiger partial charge in [-0.25, -0.2) is 0 Å². The lowest BCUT2D eigenvalue weighted by molar-refractivity contribution is 0.531. The van der Waals surface area contributed by atoms with E-state index in [1.54, 1.807) is 0 Å². The molecule has 1 radical (unpaired) electrons. The first-order chi connectivity index (χ1) is 12.5. The molecule has 141 valence electrons. The van der Waals surface area contributed by atoms with Crippen LogP contribution in [0.25, 0.3) is 0 Å². The Hall–Kier alpha value is -1.04. The van der Waals surface area contributed by atoms with Gasteiger partial charge in [-0.3, -0.25) is 0 Å². The third kappa shape index (κ3) is 17.6. The molecule has 0 unspecified atom stereocenters. The van der Waals surface area contributed by atoms with Crippen molar-refractivity contribution in [2.45, 2.75) is 109 Å². The van der Waals surface area contributed by atoms with Gasteiger partial charge < -0.3 is 0 Å². The molecule has 0 bridgehead atoms. The Morgan fingerprint density at radius 3 is 1.44 bits per heavy atom. The molecule has 0 fully saturated rings. The van der Waals surface area contributed by atoms with Crippen LogP contribution in [0.2, 0.25) is 0 Å². The second-order valence-corrected chi connectivity index (χ2v) is 7.41. The molecule has 25 heavy (non-hydrogen) atoms. The van der Waals surface area contributed by atoms with Gasteiger partial charge in [0.05, 0.1) is 0 Å². The number of hydrogen-bond donors (Lipinski definition) is 0. The summed E-state index contributed by atoms with van der Waals surface area (Å²) in [5.41, 5.74) is 0. The number of allylic oxidation sites excluding steroid dienone is 8. The molecule has 0 atom stereocenters. The maximum absolute atomic E-state index is 3.38. The molecule has 0 aromatic heterocycles. The molecule has 1 aliphatic rings. The molecule has 0 heterocycles. The van der Waals surface area contributed by atoms with Crippen LogP contribution in [0.3, 0.4) is 0 Å². The summed E-state index contributed by atoms with van der Waals surface area (Å²) in [6, 6.07) is 0. The zero-order chi connectivity index (χ0) is 17.7. The SMILES string of the molecule is [C]1=C/C=C\C=C/C=CCCCCCCCCCCCCCCCCC\1. The number of rotatable bonds is 0. The van der Waals surface area contributed by atoms with Gasteiger partial charge in [0.2, 0.25) is 0 Å². The highest BCUT2D eigenvalue weighted by molar-refractivity contribution is 5.14. The van der Waals surface area contributed by atoms with E-state index < -0.39 is 0 Å². The predicted molar refractivity (Wildman–Crippen MR) is 114 cm³/mol. The van der Waals surface area contributed by atoms with E-state index >= 15 is 0 Å². The molecular weight excluding hydrogens is 300 g/mol. The Labute approximate surface area is 158 Å². The van der Waals surface area contributed by atoms with Gasteiger partial charge in [0.1, 0.15) is 0 Å². The lowest BCUT2D eigenvalue weighted by Gasteiger charge is -2.03. The summed E-state index contributed by atoms with van der Waals surface area (Å²) in [5, 5.41) is 0. The van der Waals surface area contributed by atoms with Gasteiger partial charge in [0, 0.05) is 0 Å². The van der Waals surface area contributed by atoms with Crippen LogP contribution in [-0.4, -0.2) is 0 Å². The first-order valence-electron chi connectivity index (χ1n) is 11.1. The molecule has 0 aromatic carbocycles. The zero-order valence-electron chi connectivity index (χ0n) is 16.6. The minimum absolute atomic E-state index is 1.11. The van der Waals surface area contributed by atoms with Gasteiger partial charge in [0.15, 0.2) is 0 Å². The van der Waals surface area contributed by atoms with Crippen molar-refractivity contribution >= 4 is 0 Å². The highest BCUT2D eigenvalue weighted by Crippen LogP contribution is 2.14. The van der Waals surface area contributed by atoms with Crippen molar-refractivity contribution in [3.05, 3.63) is 48.6 Å². The van der Waals surface area contributed by atoms with Crippen molar-refractivity contribution in [3.63, 3.8) is 0 Å². The fourth-order valence-electron chi connectivity index (χ4n) is 3.36. The van der Waals surface area contributed by atoms with Gasteiger partial charge >= 0.3 is 0 Å². The summed E-state index contributed by atoms with van der Waals surface area (Å²) in [5.74, 6) is 0. The highest BCUT2D eigenvalue weighted by atomic mass is 14.0. The quantitative estimate of drug-likeness (QED) is 0.413.